The van der Waals surface area contributed by atoms with Gasteiger partial charge in [0.05, 0.1) is 36.1 Å². The number of hydrogen-bond donors (Lipinski definition) is 0. The fourth-order valence-corrected chi connectivity index (χ4v) is 16.9. The Balaban J connectivity index is 2.17. The molecule has 8 atom stereocenters. The molecule has 1 aromatic heterocycles. The number of cyclic esters (lactones) is 1. The Labute approximate surface area is 368 Å². The summed E-state index contributed by atoms with van der Waals surface area (Å²) >= 11 is 1.66. The summed E-state index contributed by atoms with van der Waals surface area (Å²) in [6.07, 6.45) is 6.51. The molecule has 0 amide bonds. The van der Waals surface area contributed by atoms with Gasteiger partial charge in [0, 0.05) is 51.1 Å². The number of rotatable bonds is 18. The molecule has 2 saturated heterocycles. The molecule has 3 heterocycles. The first-order valence-corrected chi connectivity index (χ1v) is 33.2. The van der Waals surface area contributed by atoms with Gasteiger partial charge in [0.1, 0.15) is 11.9 Å². The molecule has 1 aromatic rings. The number of fused-ring (bicyclic) bond motifs is 1. The molecular formula is C46H87N3O6SSi3. The molecule has 1 unspecified atom stereocenters. The van der Waals surface area contributed by atoms with Crippen LogP contribution in [-0.2, 0) is 35.0 Å². The Morgan fingerprint density at radius 1 is 0.966 bits per heavy atom. The zero-order chi connectivity index (χ0) is 44.6. The van der Waals surface area contributed by atoms with Gasteiger partial charge >= 0.3 is 5.97 Å². The number of ether oxygens (including phenoxy) is 2. The highest BCUT2D eigenvalue weighted by Gasteiger charge is 2.59. The smallest absolute Gasteiger partial charge is 0.309 e. The van der Waals surface area contributed by atoms with Crippen LogP contribution in [0.25, 0.3) is 6.08 Å². The number of carbonyl (C=O) groups is 2. The van der Waals surface area contributed by atoms with Crippen molar-refractivity contribution in [2.45, 2.75) is 212 Å². The number of ketones is 1. The van der Waals surface area contributed by atoms with E-state index < -0.39 is 42.3 Å². The molecule has 9 nitrogen and oxygen atoms in total. The molecule has 340 valence electrons. The lowest BCUT2D eigenvalue weighted by molar-refractivity contribution is -0.153. The number of esters is 1. The Kier molecular flexibility index (Phi) is 19.5. The van der Waals surface area contributed by atoms with E-state index in [1.54, 1.807) is 11.8 Å². The van der Waals surface area contributed by atoms with Gasteiger partial charge < -0.3 is 18.3 Å². The Morgan fingerprint density at radius 2 is 1.54 bits per heavy atom. The molecule has 13 heteroatoms. The summed E-state index contributed by atoms with van der Waals surface area (Å²) < 4.78 is 29.6. The fraction of sp³-hybridized carbons (Fsp3) is 0.848. The second-order valence-corrected chi connectivity index (χ2v) is 36.0. The molecule has 3 rings (SSSR count). The molecule has 2 aliphatic rings. The number of carbonyl (C=O) groups excluding carboxylic acids is 2. The second-order valence-electron chi connectivity index (χ2n) is 20.2. The Bertz CT molecular complexity index is 1520. The van der Waals surface area contributed by atoms with Crippen molar-refractivity contribution in [2.24, 2.45) is 24.3 Å². The normalized spacial score (nSPS) is 29.3. The number of thioether (sulfide) groups is 1. The zero-order valence-electron chi connectivity index (χ0n) is 40.7. The van der Waals surface area contributed by atoms with E-state index in [0.29, 0.717) is 13.2 Å². The minimum absolute atomic E-state index is 0.0221. The summed E-state index contributed by atoms with van der Waals surface area (Å²) in [5.41, 5.74) is 0.767. The van der Waals surface area contributed by atoms with Crippen molar-refractivity contribution in [3.63, 3.8) is 0 Å². The first kappa shape index (κ1) is 52.3. The minimum atomic E-state index is -2.26. The maximum Gasteiger partial charge on any atom is 0.309 e. The molecule has 0 saturated carbocycles. The minimum Gasteiger partial charge on any atom is -0.458 e. The molecule has 0 aliphatic carbocycles. The highest BCUT2D eigenvalue weighted by Crippen LogP contribution is 2.49. The lowest BCUT2D eigenvalue weighted by Crippen LogP contribution is -2.53. The van der Waals surface area contributed by atoms with E-state index in [2.05, 4.69) is 112 Å². The quantitative estimate of drug-likeness (QED) is 0.0470. The zero-order valence-corrected chi connectivity index (χ0v) is 44.5. The van der Waals surface area contributed by atoms with E-state index in [4.69, 9.17) is 23.4 Å². The van der Waals surface area contributed by atoms with E-state index >= 15 is 4.79 Å². The largest absolute Gasteiger partial charge is 0.458 e. The first-order chi connectivity index (χ1) is 27.5. The Morgan fingerprint density at radius 3 is 2.07 bits per heavy atom. The van der Waals surface area contributed by atoms with Crippen molar-refractivity contribution in [1.82, 2.24) is 14.7 Å². The summed E-state index contributed by atoms with van der Waals surface area (Å²) in [6.45, 7) is 34.8. The summed E-state index contributed by atoms with van der Waals surface area (Å²) in [6, 6.07) is 9.26. The van der Waals surface area contributed by atoms with Crippen LogP contribution in [0.2, 0.25) is 61.9 Å². The van der Waals surface area contributed by atoms with Gasteiger partial charge in [-0.1, -0.05) is 95.3 Å². The third-order valence-corrected chi connectivity index (χ3v) is 26.6. The molecular weight excluding hydrogens is 807 g/mol. The van der Waals surface area contributed by atoms with Gasteiger partial charge in [-0.3, -0.25) is 19.2 Å². The van der Waals surface area contributed by atoms with Crippen molar-refractivity contribution >= 4 is 54.3 Å². The standard InChI is InChI=1S/C46H87N3O6SSi3/c1-18-58(19-2,20-3)54-40-32-42(50)53-38(35(8)29-37-30-41(56-14)48(13)47-37)31-39-46(12,49(39)33-52-27-28-57(15,16)17)26-24-25-34(7)43(36(9)44(51)45(40,10)11)55-59(21-4,22-5)23-6/h29-30,34,36,38-40,43H,18-28,31-33H2,1-17H3/b35-29+/t34-,36+,38-,39-,40-,43-,46+,49?/m0/s1. The van der Waals surface area contributed by atoms with Gasteiger partial charge in [0.25, 0.3) is 0 Å². The summed E-state index contributed by atoms with van der Waals surface area (Å²) in [7, 11) is -3.62. The number of Topliss-reactive ketones (excluding diaryl/α,β-unsaturated/α-hetero) is 1. The Hall–Kier alpha value is -1.07. The molecule has 0 bridgehead atoms. The van der Waals surface area contributed by atoms with Crippen LogP contribution in [0.3, 0.4) is 0 Å². The van der Waals surface area contributed by atoms with E-state index in [0.717, 1.165) is 84.5 Å². The number of aromatic nitrogens is 2. The van der Waals surface area contributed by atoms with Crippen LogP contribution in [0.5, 0.6) is 0 Å². The van der Waals surface area contributed by atoms with Crippen LogP contribution in [0.1, 0.15) is 121 Å². The fourth-order valence-electron chi connectivity index (χ4n) is 9.58. The summed E-state index contributed by atoms with van der Waals surface area (Å²) in [4.78, 5) is 32.3. The molecule has 0 spiro atoms. The van der Waals surface area contributed by atoms with Crippen molar-refractivity contribution in [3.8, 4) is 0 Å². The molecule has 0 radical (unpaired) electrons. The van der Waals surface area contributed by atoms with E-state index in [1.165, 1.54) is 0 Å². The van der Waals surface area contributed by atoms with Gasteiger partial charge in [-0.15, -0.1) is 11.8 Å². The number of aryl methyl sites for hydroxylation is 1. The third-order valence-electron chi connectivity index (χ3n) is 14.8. The van der Waals surface area contributed by atoms with Gasteiger partial charge in [-0.05, 0) is 98.9 Å². The predicted octanol–water partition coefficient (Wildman–Crippen LogP) is 11.8. The number of nitrogens with zero attached hydrogens (tertiary/aromatic N) is 3. The van der Waals surface area contributed by atoms with Crippen LogP contribution in [0, 0.1) is 17.3 Å². The average Bonchev–Trinajstić information content (AvgIpc) is 3.54. The van der Waals surface area contributed by atoms with Crippen LogP contribution in [0.15, 0.2) is 16.7 Å². The molecule has 0 aromatic carbocycles. The predicted molar refractivity (Wildman–Crippen MR) is 256 cm³/mol. The van der Waals surface area contributed by atoms with Crippen molar-refractivity contribution in [2.75, 3.05) is 19.6 Å². The molecule has 2 aliphatic heterocycles. The monoisotopic (exact) mass is 894 g/mol. The van der Waals surface area contributed by atoms with E-state index in [9.17, 15) is 4.79 Å². The van der Waals surface area contributed by atoms with Crippen LogP contribution >= 0.6 is 11.8 Å². The number of hydrogen-bond acceptors (Lipinski definition) is 9. The highest BCUT2D eigenvalue weighted by atomic mass is 32.2. The van der Waals surface area contributed by atoms with Gasteiger partial charge in [0.15, 0.2) is 16.6 Å². The van der Waals surface area contributed by atoms with Crippen LogP contribution in [-0.4, -0.2) is 101 Å². The lowest BCUT2D eigenvalue weighted by atomic mass is 9.73. The van der Waals surface area contributed by atoms with Crippen LogP contribution in [0.4, 0.5) is 0 Å². The summed E-state index contributed by atoms with van der Waals surface area (Å²) in [5.74, 6) is -0.352. The average molecular weight is 895 g/mol. The third kappa shape index (κ3) is 13.2. The topological polar surface area (TPSA) is 91.9 Å². The molecule has 0 N–H and O–H groups in total. The van der Waals surface area contributed by atoms with E-state index in [1.807, 2.05) is 25.6 Å². The van der Waals surface area contributed by atoms with Crippen molar-refractivity contribution < 1.29 is 27.9 Å². The molecule has 2 fully saturated rings. The first-order valence-electron chi connectivity index (χ1n) is 23.2. The molecule has 59 heavy (non-hydrogen) atoms. The second kappa shape index (κ2) is 22.0. The van der Waals surface area contributed by atoms with Gasteiger partial charge in [0.2, 0.25) is 0 Å². The van der Waals surface area contributed by atoms with E-state index in [-0.39, 0.29) is 47.7 Å². The SMILES string of the molecule is CC[Si](CC)(CC)O[C@H]1[C@@H](C)CCC[C@]2(C)[C@H](C[C@@H](/C(C)=C/c3cc(SC)n(C)n3)OC(=O)C[C@H](O[Si](CC)(CC)CC)C(C)(C)C(=O)[C@@H]1C)N2COCC[Si](C)(C)C. The van der Waals surface area contributed by atoms with Crippen molar-refractivity contribution in [1.29, 1.82) is 0 Å². The van der Waals surface area contributed by atoms with Crippen molar-refractivity contribution in [3.05, 3.63) is 17.3 Å². The lowest BCUT2D eigenvalue weighted by Gasteiger charge is -2.44. The van der Waals surface area contributed by atoms with Gasteiger partial charge in [-0.25, -0.2) is 0 Å². The highest BCUT2D eigenvalue weighted by molar-refractivity contribution is 7.98. The van der Waals surface area contributed by atoms with Gasteiger partial charge in [-0.2, -0.15) is 5.10 Å². The van der Waals surface area contributed by atoms with Crippen LogP contribution < -0.4 is 0 Å². The maximum atomic E-state index is 15.2. The maximum absolute atomic E-state index is 15.2. The summed E-state index contributed by atoms with van der Waals surface area (Å²) in [5, 5.41) is 5.84.